The van der Waals surface area contributed by atoms with E-state index >= 15 is 0 Å². The fraction of sp³-hybridized carbons (Fsp3) is 1.00. The van der Waals surface area contributed by atoms with Crippen molar-refractivity contribution < 1.29 is 0 Å². The molecule has 0 aromatic heterocycles. The number of thioether (sulfide) groups is 2. The molecule has 3 heteroatoms. The number of rotatable bonds is 2. The molecule has 1 atom stereocenters. The Kier molecular flexibility index (Phi) is 4.45. The van der Waals surface area contributed by atoms with Gasteiger partial charge in [-0.05, 0) is 18.8 Å². The molecule has 14 heavy (non-hydrogen) atoms. The zero-order chi connectivity index (χ0) is 9.86. The van der Waals surface area contributed by atoms with E-state index in [9.17, 15) is 0 Å². The standard InChI is InChI=1S/C11H20S3/c12-8-11(9-13-6-7-14-11)10-4-2-1-3-5-10/h10,12H,1-9H2. The van der Waals surface area contributed by atoms with E-state index in [1.54, 1.807) is 0 Å². The van der Waals surface area contributed by atoms with Crippen LogP contribution in [0.15, 0.2) is 0 Å². The summed E-state index contributed by atoms with van der Waals surface area (Å²) >= 11 is 9.00. The molecule has 0 N–H and O–H groups in total. The van der Waals surface area contributed by atoms with Gasteiger partial charge in [-0.25, -0.2) is 0 Å². The number of thiol groups is 1. The molecule has 0 spiro atoms. The van der Waals surface area contributed by atoms with Crippen LogP contribution < -0.4 is 0 Å². The van der Waals surface area contributed by atoms with Crippen LogP contribution in [0.25, 0.3) is 0 Å². The lowest BCUT2D eigenvalue weighted by Crippen LogP contribution is -2.43. The first-order valence-electron chi connectivity index (χ1n) is 5.70. The maximum absolute atomic E-state index is 4.63. The lowest BCUT2D eigenvalue weighted by atomic mass is 9.81. The van der Waals surface area contributed by atoms with Gasteiger partial charge in [-0.1, -0.05) is 19.3 Å². The molecular weight excluding hydrogens is 228 g/mol. The van der Waals surface area contributed by atoms with E-state index in [0.29, 0.717) is 4.75 Å². The summed E-state index contributed by atoms with van der Waals surface area (Å²) in [4.78, 5) is 0. The van der Waals surface area contributed by atoms with E-state index < -0.39 is 0 Å². The highest BCUT2D eigenvalue weighted by molar-refractivity contribution is 8.07. The summed E-state index contributed by atoms with van der Waals surface area (Å²) in [7, 11) is 0. The van der Waals surface area contributed by atoms with E-state index in [1.807, 2.05) is 0 Å². The maximum atomic E-state index is 4.63. The molecule has 0 nitrogen and oxygen atoms in total. The summed E-state index contributed by atoms with van der Waals surface area (Å²) < 4.78 is 0.534. The highest BCUT2D eigenvalue weighted by atomic mass is 32.2. The first kappa shape index (κ1) is 11.5. The highest BCUT2D eigenvalue weighted by Crippen LogP contribution is 2.46. The molecule has 0 radical (unpaired) electrons. The second-order valence-electron chi connectivity index (χ2n) is 4.46. The van der Waals surface area contributed by atoms with Crippen molar-refractivity contribution in [2.45, 2.75) is 36.9 Å². The van der Waals surface area contributed by atoms with E-state index in [0.717, 1.165) is 11.7 Å². The lowest BCUT2D eigenvalue weighted by Gasteiger charge is -2.43. The fourth-order valence-corrected chi connectivity index (χ4v) is 6.66. The van der Waals surface area contributed by atoms with Crippen molar-refractivity contribution >= 4 is 36.2 Å². The summed E-state index contributed by atoms with van der Waals surface area (Å²) in [6, 6.07) is 0. The molecule has 0 bridgehead atoms. The number of hydrogen-bond donors (Lipinski definition) is 1. The zero-order valence-electron chi connectivity index (χ0n) is 8.71. The van der Waals surface area contributed by atoms with Crippen LogP contribution >= 0.6 is 36.2 Å². The summed E-state index contributed by atoms with van der Waals surface area (Å²) in [5.41, 5.74) is 0. The molecule has 1 saturated carbocycles. The molecule has 2 fully saturated rings. The average molecular weight is 248 g/mol. The predicted molar refractivity (Wildman–Crippen MR) is 72.9 cm³/mol. The van der Waals surface area contributed by atoms with Crippen LogP contribution in [0, 0.1) is 5.92 Å². The highest BCUT2D eigenvalue weighted by Gasteiger charge is 2.39. The maximum Gasteiger partial charge on any atom is 0.0366 e. The normalized spacial score (nSPS) is 35.8. The van der Waals surface area contributed by atoms with E-state index in [-0.39, 0.29) is 0 Å². The molecule has 1 saturated heterocycles. The Morgan fingerprint density at radius 2 is 1.93 bits per heavy atom. The minimum Gasteiger partial charge on any atom is -0.178 e. The molecule has 82 valence electrons. The van der Waals surface area contributed by atoms with Crippen molar-refractivity contribution in [3.63, 3.8) is 0 Å². The Balaban J connectivity index is 2.01. The van der Waals surface area contributed by atoms with Crippen LogP contribution in [-0.4, -0.2) is 27.8 Å². The van der Waals surface area contributed by atoms with Crippen molar-refractivity contribution in [1.82, 2.24) is 0 Å². The van der Waals surface area contributed by atoms with Crippen LogP contribution in [0.3, 0.4) is 0 Å². The van der Waals surface area contributed by atoms with Gasteiger partial charge in [0.05, 0.1) is 0 Å². The van der Waals surface area contributed by atoms with Gasteiger partial charge in [0.25, 0.3) is 0 Å². The molecule has 1 aliphatic heterocycles. The van der Waals surface area contributed by atoms with Crippen molar-refractivity contribution in [3.8, 4) is 0 Å². The van der Waals surface area contributed by atoms with Gasteiger partial charge in [0.2, 0.25) is 0 Å². The second-order valence-corrected chi connectivity index (χ2v) is 7.39. The predicted octanol–water partition coefficient (Wildman–Crippen LogP) is 3.72. The van der Waals surface area contributed by atoms with Gasteiger partial charge in [-0.15, -0.1) is 0 Å². The largest absolute Gasteiger partial charge is 0.178 e. The molecule has 0 aromatic carbocycles. The van der Waals surface area contributed by atoms with Gasteiger partial charge < -0.3 is 0 Å². The topological polar surface area (TPSA) is 0 Å². The second kappa shape index (κ2) is 5.40. The van der Waals surface area contributed by atoms with Gasteiger partial charge in [-0.2, -0.15) is 36.2 Å². The molecule has 1 aliphatic carbocycles. The smallest absolute Gasteiger partial charge is 0.0366 e. The first-order valence-corrected chi connectivity index (χ1v) is 8.47. The summed E-state index contributed by atoms with van der Waals surface area (Å²) in [5.74, 6) is 6.11. The van der Waals surface area contributed by atoms with Gasteiger partial charge >= 0.3 is 0 Å². The SMILES string of the molecule is SCC1(C2CCCCC2)CSCCS1. The summed E-state index contributed by atoms with van der Waals surface area (Å²) in [6.07, 6.45) is 7.33. The molecule has 0 amide bonds. The molecular formula is C11H20S3. The summed E-state index contributed by atoms with van der Waals surface area (Å²) in [6.45, 7) is 0. The van der Waals surface area contributed by atoms with Crippen molar-refractivity contribution in [2.24, 2.45) is 5.92 Å². The van der Waals surface area contributed by atoms with Crippen molar-refractivity contribution in [3.05, 3.63) is 0 Å². The quantitative estimate of drug-likeness (QED) is 0.740. The van der Waals surface area contributed by atoms with Gasteiger partial charge in [0.1, 0.15) is 0 Å². The zero-order valence-corrected chi connectivity index (χ0v) is 11.2. The Bertz CT molecular complexity index is 169. The summed E-state index contributed by atoms with van der Waals surface area (Å²) in [5, 5.41) is 0. The Hall–Kier alpha value is 1.05. The minimum atomic E-state index is 0.534. The molecule has 2 aliphatic rings. The Morgan fingerprint density at radius 1 is 1.14 bits per heavy atom. The van der Waals surface area contributed by atoms with Crippen LogP contribution in [0.2, 0.25) is 0 Å². The first-order chi connectivity index (χ1) is 6.87. The third-order valence-electron chi connectivity index (χ3n) is 3.58. The van der Waals surface area contributed by atoms with Crippen molar-refractivity contribution in [2.75, 3.05) is 23.0 Å². The molecule has 0 aromatic rings. The lowest BCUT2D eigenvalue weighted by molar-refractivity contribution is 0.309. The van der Waals surface area contributed by atoms with E-state index in [2.05, 4.69) is 36.2 Å². The van der Waals surface area contributed by atoms with Gasteiger partial charge in [0.15, 0.2) is 0 Å². The van der Waals surface area contributed by atoms with E-state index in [1.165, 1.54) is 49.4 Å². The van der Waals surface area contributed by atoms with Crippen LogP contribution in [0.5, 0.6) is 0 Å². The fourth-order valence-electron chi connectivity index (χ4n) is 2.68. The molecule has 1 unspecified atom stereocenters. The third kappa shape index (κ3) is 2.41. The molecule has 2 rings (SSSR count). The minimum absolute atomic E-state index is 0.534. The van der Waals surface area contributed by atoms with E-state index in [4.69, 9.17) is 0 Å². The molecule has 1 heterocycles. The Morgan fingerprint density at radius 3 is 2.50 bits per heavy atom. The van der Waals surface area contributed by atoms with Gasteiger partial charge in [-0.3, -0.25) is 0 Å². The van der Waals surface area contributed by atoms with Crippen LogP contribution in [0.1, 0.15) is 32.1 Å². The van der Waals surface area contributed by atoms with Gasteiger partial charge in [0, 0.05) is 27.8 Å². The van der Waals surface area contributed by atoms with Crippen molar-refractivity contribution in [1.29, 1.82) is 0 Å². The number of hydrogen-bond acceptors (Lipinski definition) is 3. The Labute approximate surface area is 102 Å². The average Bonchev–Trinajstić information content (AvgIpc) is 2.31. The van der Waals surface area contributed by atoms with Crippen LogP contribution in [-0.2, 0) is 0 Å². The monoisotopic (exact) mass is 248 g/mol. The van der Waals surface area contributed by atoms with Crippen LogP contribution in [0.4, 0.5) is 0 Å². The third-order valence-corrected chi connectivity index (χ3v) is 7.62.